The van der Waals surface area contributed by atoms with E-state index in [1.165, 1.54) is 16.7 Å². The van der Waals surface area contributed by atoms with Crippen LogP contribution in [0.3, 0.4) is 0 Å². The smallest absolute Gasteiger partial charge is 0.141 e. The quantitative estimate of drug-likeness (QED) is 0.865. The number of ether oxygens (including phenoxy) is 1. The van der Waals surface area contributed by atoms with E-state index in [4.69, 9.17) is 4.74 Å². The molecule has 0 atom stereocenters. The van der Waals surface area contributed by atoms with Crippen molar-refractivity contribution in [3.05, 3.63) is 59.2 Å². The summed E-state index contributed by atoms with van der Waals surface area (Å²) < 4.78 is 5.36. The van der Waals surface area contributed by atoms with Crippen molar-refractivity contribution in [2.24, 2.45) is 0 Å². The molecule has 0 saturated heterocycles. The van der Waals surface area contributed by atoms with Crippen molar-refractivity contribution in [2.75, 3.05) is 12.4 Å². The number of methoxy groups -OCH3 is 1. The molecule has 2 nitrogen and oxygen atoms in total. The van der Waals surface area contributed by atoms with Crippen LogP contribution in [0.4, 0.5) is 5.69 Å². The average Bonchev–Trinajstić information content (AvgIpc) is 2.46. The molecule has 0 unspecified atom stereocenters. The lowest BCUT2D eigenvalue weighted by Gasteiger charge is -2.12. The van der Waals surface area contributed by atoms with Gasteiger partial charge in [0.15, 0.2) is 0 Å². The fourth-order valence-electron chi connectivity index (χ4n) is 2.05. The molecule has 0 spiro atoms. The van der Waals surface area contributed by atoms with Gasteiger partial charge in [0.2, 0.25) is 0 Å². The van der Waals surface area contributed by atoms with E-state index in [-0.39, 0.29) is 0 Å². The lowest BCUT2D eigenvalue weighted by Crippen LogP contribution is -2.01. The molecule has 0 aromatic heterocycles. The van der Waals surface area contributed by atoms with Crippen molar-refractivity contribution >= 4 is 5.69 Å². The monoisotopic (exact) mass is 255 g/mol. The summed E-state index contributed by atoms with van der Waals surface area (Å²) in [5.41, 5.74) is 4.92. The van der Waals surface area contributed by atoms with E-state index in [9.17, 15) is 0 Å². The van der Waals surface area contributed by atoms with Gasteiger partial charge in [0, 0.05) is 6.54 Å². The van der Waals surface area contributed by atoms with Crippen LogP contribution in [-0.4, -0.2) is 7.11 Å². The number of nitrogens with one attached hydrogen (secondary N) is 1. The summed E-state index contributed by atoms with van der Waals surface area (Å²) in [6.07, 6.45) is 1.08. The molecule has 2 rings (SSSR count). The van der Waals surface area contributed by atoms with Crippen molar-refractivity contribution < 1.29 is 4.74 Å². The third-order valence-corrected chi connectivity index (χ3v) is 3.27. The van der Waals surface area contributed by atoms with Gasteiger partial charge in [-0.2, -0.15) is 0 Å². The standard InChI is InChI=1S/C17H21NO/c1-4-14-6-8-15(9-7-14)12-18-16-11-13(2)5-10-17(16)19-3/h5-11,18H,4,12H2,1-3H3. The summed E-state index contributed by atoms with van der Waals surface area (Å²) in [5, 5.41) is 3.43. The van der Waals surface area contributed by atoms with E-state index < -0.39 is 0 Å². The molecular formula is C17H21NO. The van der Waals surface area contributed by atoms with Crippen LogP contribution in [-0.2, 0) is 13.0 Å². The molecule has 100 valence electrons. The van der Waals surface area contributed by atoms with Crippen molar-refractivity contribution in [3.63, 3.8) is 0 Å². The maximum Gasteiger partial charge on any atom is 0.141 e. The second-order valence-electron chi connectivity index (χ2n) is 4.73. The summed E-state index contributed by atoms with van der Waals surface area (Å²) in [6.45, 7) is 5.06. The minimum atomic E-state index is 0.809. The van der Waals surface area contributed by atoms with Crippen LogP contribution in [0.25, 0.3) is 0 Å². The molecule has 0 aliphatic rings. The Hall–Kier alpha value is -1.96. The molecule has 0 fully saturated rings. The lowest BCUT2D eigenvalue weighted by atomic mass is 10.1. The Kier molecular flexibility index (Phi) is 4.45. The zero-order chi connectivity index (χ0) is 13.7. The number of hydrogen-bond acceptors (Lipinski definition) is 2. The van der Waals surface area contributed by atoms with Crippen molar-refractivity contribution in [1.82, 2.24) is 0 Å². The van der Waals surface area contributed by atoms with Crippen molar-refractivity contribution in [2.45, 2.75) is 26.8 Å². The minimum absolute atomic E-state index is 0.809. The molecule has 2 aromatic carbocycles. The Bertz CT molecular complexity index is 531. The second-order valence-corrected chi connectivity index (χ2v) is 4.73. The average molecular weight is 255 g/mol. The molecule has 2 heteroatoms. The lowest BCUT2D eigenvalue weighted by molar-refractivity contribution is 0.416. The zero-order valence-corrected chi connectivity index (χ0v) is 11.9. The first-order chi connectivity index (χ1) is 9.22. The molecule has 0 heterocycles. The largest absolute Gasteiger partial charge is 0.495 e. The van der Waals surface area contributed by atoms with Crippen LogP contribution in [0, 0.1) is 6.92 Å². The first-order valence-corrected chi connectivity index (χ1v) is 6.69. The van der Waals surface area contributed by atoms with Gasteiger partial charge in [-0.1, -0.05) is 37.3 Å². The summed E-state index contributed by atoms with van der Waals surface area (Å²) in [6, 6.07) is 14.9. The van der Waals surface area contributed by atoms with Gasteiger partial charge >= 0.3 is 0 Å². The molecule has 1 N–H and O–H groups in total. The topological polar surface area (TPSA) is 21.3 Å². The summed E-state index contributed by atoms with van der Waals surface area (Å²) in [7, 11) is 1.70. The maximum atomic E-state index is 5.36. The van der Waals surface area contributed by atoms with Crippen LogP contribution in [0.2, 0.25) is 0 Å². The molecule has 0 bridgehead atoms. The van der Waals surface area contributed by atoms with Gasteiger partial charge in [-0.3, -0.25) is 0 Å². The van der Waals surface area contributed by atoms with Gasteiger partial charge in [0.1, 0.15) is 5.75 Å². The SMILES string of the molecule is CCc1ccc(CNc2cc(C)ccc2OC)cc1. The third-order valence-electron chi connectivity index (χ3n) is 3.27. The van der Waals surface area contributed by atoms with Crippen LogP contribution in [0.15, 0.2) is 42.5 Å². The third kappa shape index (κ3) is 3.50. The Labute approximate surface area is 115 Å². The van der Waals surface area contributed by atoms with E-state index in [0.29, 0.717) is 0 Å². The Morgan fingerprint density at radius 1 is 1.00 bits per heavy atom. The normalized spacial score (nSPS) is 10.3. The molecular weight excluding hydrogens is 234 g/mol. The van der Waals surface area contributed by atoms with E-state index in [1.807, 2.05) is 6.07 Å². The van der Waals surface area contributed by atoms with Gasteiger partial charge in [0.05, 0.1) is 12.8 Å². The van der Waals surface area contributed by atoms with E-state index in [0.717, 1.165) is 24.4 Å². The van der Waals surface area contributed by atoms with Crippen LogP contribution in [0.5, 0.6) is 5.75 Å². The molecule has 2 aromatic rings. The van der Waals surface area contributed by atoms with Gasteiger partial charge in [-0.05, 0) is 42.2 Å². The Morgan fingerprint density at radius 2 is 1.68 bits per heavy atom. The fraction of sp³-hybridized carbons (Fsp3) is 0.294. The number of rotatable bonds is 5. The first kappa shape index (κ1) is 13.5. The Morgan fingerprint density at radius 3 is 2.32 bits per heavy atom. The van der Waals surface area contributed by atoms with Gasteiger partial charge in [-0.25, -0.2) is 0 Å². The van der Waals surface area contributed by atoms with Crippen LogP contribution < -0.4 is 10.1 Å². The fourth-order valence-corrected chi connectivity index (χ4v) is 2.05. The molecule has 0 amide bonds. The summed E-state index contributed by atoms with van der Waals surface area (Å²) >= 11 is 0. The summed E-state index contributed by atoms with van der Waals surface area (Å²) in [5.74, 6) is 0.885. The number of benzene rings is 2. The van der Waals surface area contributed by atoms with Crippen LogP contribution >= 0.6 is 0 Å². The number of anilines is 1. The predicted molar refractivity (Wildman–Crippen MR) is 80.9 cm³/mol. The first-order valence-electron chi connectivity index (χ1n) is 6.69. The molecule has 0 radical (unpaired) electrons. The van der Waals surface area contributed by atoms with E-state index in [2.05, 4.69) is 55.6 Å². The highest BCUT2D eigenvalue weighted by atomic mass is 16.5. The highest BCUT2D eigenvalue weighted by Crippen LogP contribution is 2.25. The molecule has 0 aliphatic carbocycles. The second kappa shape index (κ2) is 6.28. The van der Waals surface area contributed by atoms with Gasteiger partial charge in [0.25, 0.3) is 0 Å². The number of aryl methyl sites for hydroxylation is 2. The molecule has 0 saturated carbocycles. The van der Waals surface area contributed by atoms with Crippen LogP contribution in [0.1, 0.15) is 23.6 Å². The van der Waals surface area contributed by atoms with Gasteiger partial charge in [-0.15, -0.1) is 0 Å². The summed E-state index contributed by atoms with van der Waals surface area (Å²) in [4.78, 5) is 0. The minimum Gasteiger partial charge on any atom is -0.495 e. The van der Waals surface area contributed by atoms with E-state index >= 15 is 0 Å². The maximum absolute atomic E-state index is 5.36. The zero-order valence-electron chi connectivity index (χ0n) is 11.9. The van der Waals surface area contributed by atoms with Gasteiger partial charge < -0.3 is 10.1 Å². The Balaban J connectivity index is 2.07. The molecule has 19 heavy (non-hydrogen) atoms. The molecule has 0 aliphatic heterocycles. The van der Waals surface area contributed by atoms with Crippen molar-refractivity contribution in [3.8, 4) is 5.75 Å². The predicted octanol–water partition coefficient (Wildman–Crippen LogP) is 4.18. The highest BCUT2D eigenvalue weighted by molar-refractivity contribution is 5.58. The van der Waals surface area contributed by atoms with Crippen molar-refractivity contribution in [1.29, 1.82) is 0 Å². The van der Waals surface area contributed by atoms with E-state index in [1.54, 1.807) is 7.11 Å². The highest BCUT2D eigenvalue weighted by Gasteiger charge is 2.02. The number of hydrogen-bond donors (Lipinski definition) is 1.